The molecular weight excluding hydrogens is 286 g/mol. The number of unbranched alkanes of at least 4 members (excludes halogenated alkanes) is 4. The van der Waals surface area contributed by atoms with Crippen molar-refractivity contribution in [1.29, 1.82) is 0 Å². The molecule has 128 valence electrons. The van der Waals surface area contributed by atoms with Crippen molar-refractivity contribution in [3.63, 3.8) is 0 Å². The maximum Gasteiger partial charge on any atom is 0.302 e. The van der Waals surface area contributed by atoms with E-state index in [1.807, 2.05) is 0 Å². The van der Waals surface area contributed by atoms with Gasteiger partial charge in [-0.3, -0.25) is 4.79 Å². The number of hydrogen-bond acceptors (Lipinski definition) is 5. The van der Waals surface area contributed by atoms with Crippen LogP contribution in [0.5, 0.6) is 0 Å². The Bertz CT molecular complexity index is 333. The number of aliphatic hydroxyl groups excluding tert-OH is 1. The summed E-state index contributed by atoms with van der Waals surface area (Å²) in [5.41, 5.74) is 8.30. The molecule has 0 aromatic rings. The molecule has 22 heavy (non-hydrogen) atoms. The lowest BCUT2D eigenvalue weighted by Gasteiger charge is -2.17. The Morgan fingerprint density at radius 1 is 1.27 bits per heavy atom. The molecule has 0 saturated carbocycles. The summed E-state index contributed by atoms with van der Waals surface area (Å²) >= 11 is 0. The van der Waals surface area contributed by atoms with Gasteiger partial charge in [0.15, 0.2) is 0 Å². The Balaban J connectivity index is 3.92. The fourth-order valence-corrected chi connectivity index (χ4v) is 2.10. The Hall–Kier alpha value is -1.30. The highest BCUT2D eigenvalue weighted by atomic mass is 16.5. The molecule has 0 radical (unpaired) electrons. The molecule has 0 saturated heterocycles. The molecule has 0 spiro atoms. The third-order valence-electron chi connectivity index (χ3n) is 3.28. The van der Waals surface area contributed by atoms with Crippen molar-refractivity contribution in [2.75, 3.05) is 19.8 Å². The average Bonchev–Trinajstić information content (AvgIpc) is 2.49. The Kier molecular flexibility index (Phi) is 13.8. The normalized spacial score (nSPS) is 13.2. The third-order valence-corrected chi connectivity index (χ3v) is 3.28. The summed E-state index contributed by atoms with van der Waals surface area (Å²) in [5, 5.41) is 12.4. The summed E-state index contributed by atoms with van der Waals surface area (Å²) < 4.78 is 10.7. The van der Waals surface area contributed by atoms with Crippen LogP contribution in [0, 0.1) is 0 Å². The second kappa shape index (κ2) is 14.6. The van der Waals surface area contributed by atoms with Gasteiger partial charge in [-0.1, -0.05) is 37.7 Å². The van der Waals surface area contributed by atoms with E-state index >= 15 is 0 Å². The van der Waals surface area contributed by atoms with Crippen LogP contribution in [0.2, 0.25) is 0 Å². The maximum atomic E-state index is 11.1. The van der Waals surface area contributed by atoms with Gasteiger partial charge in [0.25, 0.3) is 0 Å². The average molecular weight is 315 g/mol. The fraction of sp³-hybridized carbons (Fsp3) is 0.933. The molecule has 0 aliphatic heterocycles. The van der Waals surface area contributed by atoms with Gasteiger partial charge in [0.1, 0.15) is 6.10 Å². The van der Waals surface area contributed by atoms with Crippen molar-refractivity contribution >= 4 is 5.97 Å². The molecule has 7 nitrogen and oxygen atoms in total. The predicted molar refractivity (Wildman–Crippen MR) is 84.4 cm³/mol. The minimum absolute atomic E-state index is 0.133. The predicted octanol–water partition coefficient (Wildman–Crippen LogP) is 3.36. The lowest BCUT2D eigenvalue weighted by atomic mass is 10.1. The van der Waals surface area contributed by atoms with E-state index in [4.69, 9.17) is 20.1 Å². The van der Waals surface area contributed by atoms with E-state index in [0.717, 1.165) is 19.3 Å². The lowest BCUT2D eigenvalue weighted by molar-refractivity contribution is -0.147. The van der Waals surface area contributed by atoms with E-state index in [1.54, 1.807) is 0 Å². The highest BCUT2D eigenvalue weighted by molar-refractivity contribution is 5.66. The number of esters is 1. The zero-order valence-corrected chi connectivity index (χ0v) is 13.7. The largest absolute Gasteiger partial charge is 0.462 e. The molecule has 0 bridgehead atoms. The Morgan fingerprint density at radius 2 is 2.00 bits per heavy atom. The molecule has 0 heterocycles. The van der Waals surface area contributed by atoms with Crippen LogP contribution in [0.1, 0.15) is 58.8 Å². The Morgan fingerprint density at radius 3 is 2.59 bits per heavy atom. The van der Waals surface area contributed by atoms with Crippen molar-refractivity contribution in [2.45, 2.75) is 70.9 Å². The highest BCUT2D eigenvalue weighted by Gasteiger charge is 2.12. The summed E-state index contributed by atoms with van der Waals surface area (Å²) in [6.07, 6.45) is 7.16. The molecule has 7 heteroatoms. The summed E-state index contributed by atoms with van der Waals surface area (Å²) in [7, 11) is 0. The molecule has 0 unspecified atom stereocenters. The lowest BCUT2D eigenvalue weighted by Crippen LogP contribution is -2.21. The molecule has 0 aromatic carbocycles. The van der Waals surface area contributed by atoms with Crippen molar-refractivity contribution in [2.24, 2.45) is 5.11 Å². The Labute approximate surface area is 132 Å². The smallest absolute Gasteiger partial charge is 0.302 e. The molecule has 2 atom stereocenters. The standard InChI is InChI=1S/C15H29N3O4/c1-3-4-5-6-7-8-15(22-13(2)20)9-10-21-12-14(11-19)17-18-16/h14-15,19H,3-12H2,1-2H3/t14-,15+/m0/s1. The number of aliphatic hydroxyl groups is 1. The summed E-state index contributed by atoms with van der Waals surface area (Å²) in [4.78, 5) is 13.8. The van der Waals surface area contributed by atoms with Crippen LogP contribution in [-0.4, -0.2) is 43.0 Å². The van der Waals surface area contributed by atoms with E-state index < -0.39 is 6.04 Å². The van der Waals surface area contributed by atoms with Crippen LogP contribution < -0.4 is 0 Å². The quantitative estimate of drug-likeness (QED) is 0.174. The number of ether oxygens (including phenoxy) is 2. The van der Waals surface area contributed by atoms with Gasteiger partial charge < -0.3 is 14.6 Å². The summed E-state index contributed by atoms with van der Waals surface area (Å²) in [5.74, 6) is -0.277. The van der Waals surface area contributed by atoms with Gasteiger partial charge in [-0.05, 0) is 18.4 Å². The monoisotopic (exact) mass is 315 g/mol. The highest BCUT2D eigenvalue weighted by Crippen LogP contribution is 2.12. The van der Waals surface area contributed by atoms with Gasteiger partial charge in [0.2, 0.25) is 0 Å². The van der Waals surface area contributed by atoms with Crippen molar-refractivity contribution in [3.05, 3.63) is 10.4 Å². The summed E-state index contributed by atoms with van der Waals surface area (Å²) in [6.45, 7) is 3.92. The van der Waals surface area contributed by atoms with Crippen LogP contribution in [-0.2, 0) is 14.3 Å². The SMILES string of the molecule is CCCCCCC[C@H](CCOC[C@H](CO)N=[N+]=[N-])OC(C)=O. The molecule has 1 N–H and O–H groups in total. The number of rotatable bonds is 14. The maximum absolute atomic E-state index is 11.1. The molecule has 0 aliphatic rings. The second-order valence-corrected chi connectivity index (χ2v) is 5.34. The molecule has 0 aromatic heterocycles. The van der Waals surface area contributed by atoms with E-state index in [0.29, 0.717) is 13.0 Å². The zero-order chi connectivity index (χ0) is 16.6. The van der Waals surface area contributed by atoms with Crippen molar-refractivity contribution in [1.82, 2.24) is 0 Å². The third kappa shape index (κ3) is 12.4. The van der Waals surface area contributed by atoms with Gasteiger partial charge in [-0.15, -0.1) is 0 Å². The van der Waals surface area contributed by atoms with E-state index in [9.17, 15) is 4.79 Å². The van der Waals surface area contributed by atoms with Gasteiger partial charge >= 0.3 is 5.97 Å². The minimum atomic E-state index is -0.564. The van der Waals surface area contributed by atoms with Crippen LogP contribution in [0.3, 0.4) is 0 Å². The van der Waals surface area contributed by atoms with Crippen molar-refractivity contribution in [3.8, 4) is 0 Å². The minimum Gasteiger partial charge on any atom is -0.462 e. The number of hydrogen-bond donors (Lipinski definition) is 1. The van der Waals surface area contributed by atoms with E-state index in [2.05, 4.69) is 16.9 Å². The molecule has 0 rings (SSSR count). The first-order valence-electron chi connectivity index (χ1n) is 8.04. The first-order chi connectivity index (χ1) is 10.6. The van der Waals surface area contributed by atoms with E-state index in [1.165, 1.54) is 26.2 Å². The van der Waals surface area contributed by atoms with E-state index in [-0.39, 0.29) is 25.3 Å². The topological polar surface area (TPSA) is 105 Å². The first-order valence-corrected chi connectivity index (χ1v) is 8.04. The molecule has 0 aliphatic carbocycles. The number of azide groups is 1. The zero-order valence-electron chi connectivity index (χ0n) is 13.7. The molecule has 0 fully saturated rings. The molecule has 0 amide bonds. The van der Waals surface area contributed by atoms with Crippen LogP contribution in [0.4, 0.5) is 0 Å². The van der Waals surface area contributed by atoms with Gasteiger partial charge in [0.05, 0.1) is 25.9 Å². The number of nitrogens with zero attached hydrogens (tertiary/aromatic N) is 3. The number of carbonyl (C=O) groups is 1. The van der Waals surface area contributed by atoms with Crippen LogP contribution >= 0.6 is 0 Å². The fourth-order valence-electron chi connectivity index (χ4n) is 2.10. The van der Waals surface area contributed by atoms with Crippen molar-refractivity contribution < 1.29 is 19.4 Å². The van der Waals surface area contributed by atoms with Gasteiger partial charge in [-0.2, -0.15) is 0 Å². The van der Waals surface area contributed by atoms with Gasteiger partial charge in [0, 0.05) is 18.3 Å². The first kappa shape index (κ1) is 20.7. The van der Waals surface area contributed by atoms with Crippen LogP contribution in [0.25, 0.3) is 10.4 Å². The van der Waals surface area contributed by atoms with Crippen LogP contribution in [0.15, 0.2) is 5.11 Å². The number of carbonyl (C=O) groups excluding carboxylic acids is 1. The summed E-state index contributed by atoms with van der Waals surface area (Å²) in [6, 6.07) is -0.564. The van der Waals surface area contributed by atoms with Gasteiger partial charge in [-0.25, -0.2) is 0 Å². The second-order valence-electron chi connectivity index (χ2n) is 5.34. The molecular formula is C15H29N3O4.